The highest BCUT2D eigenvalue weighted by molar-refractivity contribution is 5.60. The number of benzene rings is 1. The molecule has 1 fully saturated rings. The molecule has 4 nitrogen and oxygen atoms in total. The first kappa shape index (κ1) is 14.7. The predicted octanol–water partition coefficient (Wildman–Crippen LogP) is 3.87. The molecule has 0 aromatic heterocycles. The number of likely N-dealkylation sites (tertiary alicyclic amines) is 1. The summed E-state index contributed by atoms with van der Waals surface area (Å²) in [5.41, 5.74) is 0.858. The molecule has 0 spiro atoms. The lowest BCUT2D eigenvalue weighted by atomic mass is 10.00. The number of nitro benzene ring substituents is 1. The van der Waals surface area contributed by atoms with Gasteiger partial charge >= 0.3 is 0 Å². The van der Waals surface area contributed by atoms with Crippen LogP contribution >= 0.6 is 0 Å². The van der Waals surface area contributed by atoms with E-state index in [2.05, 4.69) is 17.9 Å². The summed E-state index contributed by atoms with van der Waals surface area (Å²) in [6.45, 7) is 4.25. The van der Waals surface area contributed by atoms with Crippen molar-refractivity contribution < 1.29 is 4.92 Å². The van der Waals surface area contributed by atoms with Gasteiger partial charge in [-0.15, -0.1) is 0 Å². The third-order valence-electron chi connectivity index (χ3n) is 3.99. The fraction of sp³-hybridized carbons (Fsp3) is 0.500. The molecular formula is C16H22N2O2. The minimum absolute atomic E-state index is 0.175. The van der Waals surface area contributed by atoms with Gasteiger partial charge in [0.25, 0.3) is 5.69 Å². The predicted molar refractivity (Wildman–Crippen MR) is 81.6 cm³/mol. The Labute approximate surface area is 120 Å². The van der Waals surface area contributed by atoms with Gasteiger partial charge in [-0.05, 0) is 31.9 Å². The highest BCUT2D eigenvalue weighted by atomic mass is 16.6. The fourth-order valence-corrected chi connectivity index (χ4v) is 2.87. The number of nitrogens with zero attached hydrogens (tertiary/aromatic N) is 2. The van der Waals surface area contributed by atoms with Gasteiger partial charge in [0.2, 0.25) is 0 Å². The molecule has 0 saturated carbocycles. The smallest absolute Gasteiger partial charge is 0.276 e. The Hall–Kier alpha value is -1.68. The van der Waals surface area contributed by atoms with Crippen molar-refractivity contribution in [3.8, 4) is 0 Å². The van der Waals surface area contributed by atoms with Crippen LogP contribution in [0.3, 0.4) is 0 Å². The van der Waals surface area contributed by atoms with E-state index in [1.54, 1.807) is 18.2 Å². The molecule has 1 aliphatic heterocycles. The normalized spacial score (nSPS) is 20.4. The second-order valence-electron chi connectivity index (χ2n) is 5.27. The summed E-state index contributed by atoms with van der Waals surface area (Å²) in [6, 6.07) is 7.55. The van der Waals surface area contributed by atoms with Gasteiger partial charge in [-0.1, -0.05) is 37.6 Å². The van der Waals surface area contributed by atoms with Crippen molar-refractivity contribution in [3.05, 3.63) is 46.0 Å². The maximum absolute atomic E-state index is 10.9. The van der Waals surface area contributed by atoms with Crippen LogP contribution in [0.5, 0.6) is 0 Å². The molecule has 2 rings (SSSR count). The summed E-state index contributed by atoms with van der Waals surface area (Å²) < 4.78 is 0. The van der Waals surface area contributed by atoms with E-state index < -0.39 is 0 Å². The molecule has 0 N–H and O–H groups in total. The molecule has 4 heteroatoms. The minimum atomic E-state index is -0.324. The van der Waals surface area contributed by atoms with Crippen LogP contribution in [0.2, 0.25) is 0 Å². The van der Waals surface area contributed by atoms with Crippen LogP contribution in [-0.2, 0) is 0 Å². The molecule has 1 aromatic rings. The third-order valence-corrected chi connectivity index (χ3v) is 3.99. The topological polar surface area (TPSA) is 46.4 Å². The largest absolute Gasteiger partial charge is 0.297 e. The maximum Gasteiger partial charge on any atom is 0.276 e. The van der Waals surface area contributed by atoms with Crippen molar-refractivity contribution in [1.82, 2.24) is 4.90 Å². The lowest BCUT2D eigenvalue weighted by molar-refractivity contribution is -0.385. The summed E-state index contributed by atoms with van der Waals surface area (Å²) >= 11 is 0. The Morgan fingerprint density at radius 3 is 2.95 bits per heavy atom. The summed E-state index contributed by atoms with van der Waals surface area (Å²) in [5.74, 6) is 0. The first-order valence-corrected chi connectivity index (χ1v) is 7.36. The average molecular weight is 274 g/mol. The van der Waals surface area contributed by atoms with Gasteiger partial charge in [0.15, 0.2) is 0 Å². The van der Waals surface area contributed by atoms with Crippen LogP contribution < -0.4 is 0 Å². The van der Waals surface area contributed by atoms with E-state index in [0.29, 0.717) is 11.6 Å². The van der Waals surface area contributed by atoms with Gasteiger partial charge in [-0.25, -0.2) is 0 Å². The molecule has 1 aromatic carbocycles. The lowest BCUT2D eigenvalue weighted by Gasteiger charge is -2.34. The molecule has 0 bridgehead atoms. The summed E-state index contributed by atoms with van der Waals surface area (Å²) in [4.78, 5) is 13.1. The number of hydrogen-bond donors (Lipinski definition) is 0. The Bertz CT molecular complexity index is 485. The van der Waals surface area contributed by atoms with Crippen LogP contribution in [0.1, 0.15) is 38.2 Å². The van der Waals surface area contributed by atoms with Gasteiger partial charge in [-0.3, -0.25) is 15.0 Å². The standard InChI is InChI=1S/C16H22N2O2/c1-2-15-10-5-6-12-17(15)13-7-9-14-8-3-4-11-16(14)18(19)20/h3-4,7-9,11,15H,2,5-6,10,12-13H2,1H3/b9-7+/t15-/m0/s1. The van der Waals surface area contributed by atoms with Crippen molar-refractivity contribution >= 4 is 11.8 Å². The van der Waals surface area contributed by atoms with Crippen LogP contribution in [0.25, 0.3) is 6.08 Å². The number of nitro groups is 1. The van der Waals surface area contributed by atoms with E-state index >= 15 is 0 Å². The lowest BCUT2D eigenvalue weighted by Crippen LogP contribution is -2.38. The summed E-state index contributed by atoms with van der Waals surface area (Å²) in [7, 11) is 0. The van der Waals surface area contributed by atoms with Crippen molar-refractivity contribution in [2.45, 2.75) is 38.6 Å². The SMILES string of the molecule is CC[C@H]1CCCCN1C/C=C/c1ccccc1[N+](=O)[O-]. The highest BCUT2D eigenvalue weighted by Crippen LogP contribution is 2.21. The van der Waals surface area contributed by atoms with Crippen LogP contribution in [0.15, 0.2) is 30.3 Å². The fourth-order valence-electron chi connectivity index (χ4n) is 2.87. The van der Waals surface area contributed by atoms with Crippen LogP contribution in [0, 0.1) is 10.1 Å². The molecular weight excluding hydrogens is 252 g/mol. The minimum Gasteiger partial charge on any atom is -0.297 e. The Balaban J connectivity index is 2.01. The monoisotopic (exact) mass is 274 g/mol. The number of piperidine rings is 1. The summed E-state index contributed by atoms with van der Waals surface area (Å²) in [6.07, 6.45) is 8.96. The Morgan fingerprint density at radius 1 is 1.40 bits per heavy atom. The van der Waals surface area contributed by atoms with E-state index in [1.807, 2.05) is 12.1 Å². The average Bonchev–Trinajstić information content (AvgIpc) is 2.48. The van der Waals surface area contributed by atoms with Crippen LogP contribution in [0.4, 0.5) is 5.69 Å². The second-order valence-corrected chi connectivity index (χ2v) is 5.27. The molecule has 0 aliphatic carbocycles. The zero-order chi connectivity index (χ0) is 14.4. The molecule has 1 atom stereocenters. The first-order chi connectivity index (χ1) is 9.72. The van der Waals surface area contributed by atoms with Gasteiger partial charge in [0, 0.05) is 18.7 Å². The third kappa shape index (κ3) is 3.67. The molecule has 0 amide bonds. The van der Waals surface area contributed by atoms with Crippen LogP contribution in [-0.4, -0.2) is 29.0 Å². The maximum atomic E-state index is 10.9. The zero-order valence-corrected chi connectivity index (χ0v) is 12.0. The number of para-hydroxylation sites is 1. The van der Waals surface area contributed by atoms with Crippen molar-refractivity contribution in [3.63, 3.8) is 0 Å². The zero-order valence-electron chi connectivity index (χ0n) is 12.0. The van der Waals surface area contributed by atoms with E-state index in [0.717, 1.165) is 13.1 Å². The molecule has 1 saturated heterocycles. The molecule has 108 valence electrons. The van der Waals surface area contributed by atoms with Crippen molar-refractivity contribution in [2.24, 2.45) is 0 Å². The van der Waals surface area contributed by atoms with E-state index in [4.69, 9.17) is 0 Å². The van der Waals surface area contributed by atoms with Gasteiger partial charge < -0.3 is 0 Å². The molecule has 1 heterocycles. The van der Waals surface area contributed by atoms with Gasteiger partial charge in [0.1, 0.15) is 0 Å². The quantitative estimate of drug-likeness (QED) is 0.605. The molecule has 0 unspecified atom stereocenters. The number of hydrogen-bond acceptors (Lipinski definition) is 3. The van der Waals surface area contributed by atoms with Crippen molar-refractivity contribution in [1.29, 1.82) is 0 Å². The van der Waals surface area contributed by atoms with E-state index in [1.165, 1.54) is 25.7 Å². The molecule has 1 aliphatic rings. The van der Waals surface area contributed by atoms with Crippen molar-refractivity contribution in [2.75, 3.05) is 13.1 Å². The van der Waals surface area contributed by atoms with E-state index in [-0.39, 0.29) is 10.6 Å². The van der Waals surface area contributed by atoms with Gasteiger partial charge in [0.05, 0.1) is 10.5 Å². The highest BCUT2D eigenvalue weighted by Gasteiger charge is 2.19. The van der Waals surface area contributed by atoms with E-state index in [9.17, 15) is 10.1 Å². The second kappa shape index (κ2) is 7.20. The Morgan fingerprint density at radius 2 is 2.20 bits per heavy atom. The number of rotatable bonds is 5. The molecule has 0 radical (unpaired) electrons. The first-order valence-electron chi connectivity index (χ1n) is 7.36. The Kier molecular flexibility index (Phi) is 5.30. The summed E-state index contributed by atoms with van der Waals surface area (Å²) in [5, 5.41) is 10.9. The van der Waals surface area contributed by atoms with Gasteiger partial charge in [-0.2, -0.15) is 0 Å². The molecule has 20 heavy (non-hydrogen) atoms.